The number of carbonyl (C=O) groups is 2. The first-order valence-electron chi connectivity index (χ1n) is 8.19. The SMILES string of the molecule is COC(=O)[C@@H](NC(=O)Cc1csc(-c2ncc(Br)cc2O)n1)c1ccccc1. The molecule has 2 N–H and O–H groups in total. The molecule has 0 bridgehead atoms. The van der Waals surface area contributed by atoms with Crippen LogP contribution in [0.25, 0.3) is 10.7 Å². The van der Waals surface area contributed by atoms with Crippen LogP contribution in [-0.4, -0.2) is 34.1 Å². The van der Waals surface area contributed by atoms with E-state index in [0.29, 0.717) is 26.4 Å². The number of thiazole rings is 1. The molecule has 0 aliphatic rings. The average Bonchev–Trinajstić information content (AvgIpc) is 3.14. The fourth-order valence-corrected chi connectivity index (χ4v) is 3.65. The molecule has 0 aliphatic carbocycles. The van der Waals surface area contributed by atoms with E-state index in [4.69, 9.17) is 4.74 Å². The number of rotatable bonds is 6. The number of hydrogen-bond donors (Lipinski definition) is 2. The number of esters is 1. The molecule has 0 radical (unpaired) electrons. The van der Waals surface area contributed by atoms with Gasteiger partial charge in [0.1, 0.15) is 16.5 Å². The molecule has 1 atom stereocenters. The Morgan fingerprint density at radius 3 is 2.75 bits per heavy atom. The van der Waals surface area contributed by atoms with Crippen molar-refractivity contribution < 1.29 is 19.4 Å². The van der Waals surface area contributed by atoms with Gasteiger partial charge >= 0.3 is 5.97 Å². The number of nitrogens with zero attached hydrogens (tertiary/aromatic N) is 2. The molecule has 0 saturated carbocycles. The number of halogens is 1. The molecular formula is C19H16BrN3O4S. The third-order valence-electron chi connectivity index (χ3n) is 3.81. The molecule has 9 heteroatoms. The van der Waals surface area contributed by atoms with Gasteiger partial charge in [-0.3, -0.25) is 4.79 Å². The van der Waals surface area contributed by atoms with Gasteiger partial charge in [0, 0.05) is 16.0 Å². The van der Waals surface area contributed by atoms with Gasteiger partial charge in [0.25, 0.3) is 0 Å². The van der Waals surface area contributed by atoms with Crippen molar-refractivity contribution in [1.29, 1.82) is 0 Å². The Morgan fingerprint density at radius 1 is 1.32 bits per heavy atom. The zero-order valence-corrected chi connectivity index (χ0v) is 17.2. The highest BCUT2D eigenvalue weighted by molar-refractivity contribution is 9.10. The molecule has 28 heavy (non-hydrogen) atoms. The van der Waals surface area contributed by atoms with E-state index in [-0.39, 0.29) is 18.1 Å². The fraction of sp³-hybridized carbons (Fsp3) is 0.158. The van der Waals surface area contributed by atoms with E-state index in [0.717, 1.165) is 0 Å². The maximum Gasteiger partial charge on any atom is 0.333 e. The summed E-state index contributed by atoms with van der Waals surface area (Å²) < 4.78 is 5.45. The molecule has 0 unspecified atom stereocenters. The van der Waals surface area contributed by atoms with Gasteiger partial charge in [-0.2, -0.15) is 0 Å². The smallest absolute Gasteiger partial charge is 0.333 e. The van der Waals surface area contributed by atoms with Crippen molar-refractivity contribution in [3.63, 3.8) is 0 Å². The summed E-state index contributed by atoms with van der Waals surface area (Å²) in [6.45, 7) is 0. The van der Waals surface area contributed by atoms with E-state index in [1.165, 1.54) is 24.5 Å². The quantitative estimate of drug-likeness (QED) is 0.546. The topological polar surface area (TPSA) is 101 Å². The largest absolute Gasteiger partial charge is 0.506 e. The Bertz CT molecular complexity index is 994. The summed E-state index contributed by atoms with van der Waals surface area (Å²) in [5.74, 6) is -0.929. The van der Waals surface area contributed by atoms with E-state index >= 15 is 0 Å². The lowest BCUT2D eigenvalue weighted by Crippen LogP contribution is -2.35. The molecule has 3 aromatic rings. The highest BCUT2D eigenvalue weighted by Gasteiger charge is 2.24. The highest BCUT2D eigenvalue weighted by atomic mass is 79.9. The molecule has 1 aromatic carbocycles. The number of aromatic nitrogens is 2. The number of methoxy groups -OCH3 is 1. The second-order valence-electron chi connectivity index (χ2n) is 5.78. The number of nitrogens with one attached hydrogen (secondary N) is 1. The van der Waals surface area contributed by atoms with Crippen LogP contribution in [0.3, 0.4) is 0 Å². The first-order valence-corrected chi connectivity index (χ1v) is 9.86. The summed E-state index contributed by atoms with van der Waals surface area (Å²) in [5, 5.41) is 14.9. The minimum Gasteiger partial charge on any atom is -0.506 e. The first kappa shape index (κ1) is 20.0. The third-order valence-corrected chi connectivity index (χ3v) is 5.14. The lowest BCUT2D eigenvalue weighted by molar-refractivity contribution is -0.145. The molecule has 0 aliphatic heterocycles. The van der Waals surface area contributed by atoms with Crippen LogP contribution in [0.4, 0.5) is 0 Å². The summed E-state index contributed by atoms with van der Waals surface area (Å²) in [5.41, 5.74) is 1.49. The van der Waals surface area contributed by atoms with Gasteiger partial charge < -0.3 is 15.2 Å². The number of ether oxygens (including phenoxy) is 1. The van der Waals surface area contributed by atoms with Gasteiger partial charge in [0.2, 0.25) is 5.91 Å². The zero-order valence-electron chi connectivity index (χ0n) is 14.8. The lowest BCUT2D eigenvalue weighted by atomic mass is 10.1. The first-order chi connectivity index (χ1) is 13.5. The summed E-state index contributed by atoms with van der Waals surface area (Å²) in [6.07, 6.45) is 1.54. The van der Waals surface area contributed by atoms with Gasteiger partial charge in [0.15, 0.2) is 6.04 Å². The second kappa shape index (κ2) is 8.94. The maximum atomic E-state index is 12.4. The van der Waals surface area contributed by atoms with Crippen LogP contribution in [-0.2, 0) is 20.7 Å². The molecule has 0 fully saturated rings. The Morgan fingerprint density at radius 2 is 2.07 bits per heavy atom. The minimum atomic E-state index is -0.894. The van der Waals surface area contributed by atoms with Crippen molar-refractivity contribution in [2.45, 2.75) is 12.5 Å². The summed E-state index contributed by atoms with van der Waals surface area (Å²) in [6, 6.07) is 9.49. The van der Waals surface area contributed by atoms with Gasteiger partial charge in [0.05, 0.1) is 19.2 Å². The molecule has 2 aromatic heterocycles. The van der Waals surface area contributed by atoms with Gasteiger partial charge in [-0.15, -0.1) is 11.3 Å². The van der Waals surface area contributed by atoms with Crippen LogP contribution in [0.2, 0.25) is 0 Å². The van der Waals surface area contributed by atoms with Crippen LogP contribution in [0, 0.1) is 0 Å². The molecule has 7 nitrogen and oxygen atoms in total. The standard InChI is InChI=1S/C19H16BrN3O4S/c1-27-19(26)16(11-5-3-2-4-6-11)23-15(25)8-13-10-28-18(22-13)17-14(24)7-12(20)9-21-17/h2-7,9-10,16,24H,8H2,1H3,(H,23,25)/t16-/m0/s1. The van der Waals surface area contributed by atoms with E-state index < -0.39 is 12.0 Å². The van der Waals surface area contributed by atoms with Crippen molar-refractivity contribution >= 4 is 39.1 Å². The summed E-state index contributed by atoms with van der Waals surface area (Å²) in [4.78, 5) is 33.0. The summed E-state index contributed by atoms with van der Waals surface area (Å²) in [7, 11) is 1.27. The van der Waals surface area contributed by atoms with Crippen molar-refractivity contribution in [1.82, 2.24) is 15.3 Å². The van der Waals surface area contributed by atoms with Gasteiger partial charge in [-0.05, 0) is 27.6 Å². The van der Waals surface area contributed by atoms with Crippen molar-refractivity contribution in [3.8, 4) is 16.5 Å². The number of pyridine rings is 1. The number of hydrogen-bond acceptors (Lipinski definition) is 7. The van der Waals surface area contributed by atoms with Crippen LogP contribution >= 0.6 is 27.3 Å². The van der Waals surface area contributed by atoms with Crippen LogP contribution in [0.5, 0.6) is 5.75 Å². The number of aromatic hydroxyl groups is 1. The maximum absolute atomic E-state index is 12.4. The minimum absolute atomic E-state index is 0.00504. The zero-order chi connectivity index (χ0) is 20.1. The number of amides is 1. The van der Waals surface area contributed by atoms with Crippen molar-refractivity contribution in [3.05, 3.63) is 63.7 Å². The van der Waals surface area contributed by atoms with E-state index in [1.54, 1.807) is 35.8 Å². The molecule has 0 spiro atoms. The van der Waals surface area contributed by atoms with Crippen molar-refractivity contribution in [2.75, 3.05) is 7.11 Å². The van der Waals surface area contributed by atoms with E-state index in [1.807, 2.05) is 6.07 Å². The Hall–Kier alpha value is -2.78. The van der Waals surface area contributed by atoms with Gasteiger partial charge in [-0.1, -0.05) is 30.3 Å². The lowest BCUT2D eigenvalue weighted by Gasteiger charge is -2.16. The summed E-state index contributed by atoms with van der Waals surface area (Å²) >= 11 is 4.51. The highest BCUT2D eigenvalue weighted by Crippen LogP contribution is 2.31. The number of benzene rings is 1. The molecular weight excluding hydrogens is 446 g/mol. The molecule has 1 amide bonds. The Labute approximate surface area is 173 Å². The monoisotopic (exact) mass is 461 g/mol. The Kier molecular flexibility index (Phi) is 6.37. The Balaban J connectivity index is 1.72. The molecule has 0 saturated heterocycles. The number of carbonyl (C=O) groups excluding carboxylic acids is 2. The van der Waals surface area contributed by atoms with E-state index in [2.05, 4.69) is 31.2 Å². The normalized spacial score (nSPS) is 11.6. The van der Waals surface area contributed by atoms with E-state index in [9.17, 15) is 14.7 Å². The average molecular weight is 462 g/mol. The van der Waals surface area contributed by atoms with Crippen molar-refractivity contribution in [2.24, 2.45) is 0 Å². The predicted molar refractivity (Wildman–Crippen MR) is 108 cm³/mol. The predicted octanol–water partition coefficient (Wildman–Crippen LogP) is 3.25. The second-order valence-corrected chi connectivity index (χ2v) is 7.55. The fourth-order valence-electron chi connectivity index (χ4n) is 2.51. The van der Waals surface area contributed by atoms with Crippen LogP contribution in [0.15, 0.2) is 52.4 Å². The third kappa shape index (κ3) is 4.73. The van der Waals surface area contributed by atoms with Gasteiger partial charge in [-0.25, -0.2) is 14.8 Å². The van der Waals surface area contributed by atoms with Crippen LogP contribution < -0.4 is 5.32 Å². The van der Waals surface area contributed by atoms with Crippen LogP contribution in [0.1, 0.15) is 17.3 Å². The molecule has 3 rings (SSSR count). The molecule has 2 heterocycles. The molecule has 144 valence electrons.